The van der Waals surface area contributed by atoms with Gasteiger partial charge in [0.2, 0.25) is 11.8 Å². The first-order valence-electron chi connectivity index (χ1n) is 5.28. The number of carbonyl (C=O) groups excluding carboxylic acids is 2. The molecule has 1 fully saturated rings. The largest absolute Gasteiger partial charge is 0.369 e. The fourth-order valence-electron chi connectivity index (χ4n) is 1.92. The summed E-state index contributed by atoms with van der Waals surface area (Å²) in [7, 11) is 0. The Balaban J connectivity index is 2.02. The van der Waals surface area contributed by atoms with E-state index in [2.05, 4.69) is 0 Å². The van der Waals surface area contributed by atoms with Crippen LogP contribution in [0.1, 0.15) is 12.0 Å². The van der Waals surface area contributed by atoms with E-state index in [1.165, 1.54) is 0 Å². The number of primary amides is 1. The SMILES string of the molecule is NC(=O)[C@@H]1CC(=O)N(Cc2ccccc2)C1. The smallest absolute Gasteiger partial charge is 0.223 e. The molecule has 1 atom stereocenters. The molecule has 84 valence electrons. The predicted molar refractivity (Wildman–Crippen MR) is 59.2 cm³/mol. The summed E-state index contributed by atoms with van der Waals surface area (Å²) in [4.78, 5) is 24.3. The number of hydrogen-bond donors (Lipinski definition) is 1. The minimum Gasteiger partial charge on any atom is -0.369 e. The average Bonchev–Trinajstić information content (AvgIpc) is 2.62. The van der Waals surface area contributed by atoms with Crippen LogP contribution in [0.15, 0.2) is 30.3 Å². The third-order valence-corrected chi connectivity index (χ3v) is 2.83. The number of likely N-dealkylation sites (tertiary alicyclic amines) is 1. The lowest BCUT2D eigenvalue weighted by Crippen LogP contribution is -2.28. The van der Waals surface area contributed by atoms with Crippen LogP contribution in [0.2, 0.25) is 0 Å². The highest BCUT2D eigenvalue weighted by Gasteiger charge is 2.32. The molecule has 4 nitrogen and oxygen atoms in total. The van der Waals surface area contributed by atoms with Crippen molar-refractivity contribution in [1.29, 1.82) is 0 Å². The maximum atomic E-state index is 11.6. The van der Waals surface area contributed by atoms with Crippen LogP contribution in [0.25, 0.3) is 0 Å². The molecule has 1 aliphatic rings. The van der Waals surface area contributed by atoms with Gasteiger partial charge < -0.3 is 10.6 Å². The summed E-state index contributed by atoms with van der Waals surface area (Å²) in [5.41, 5.74) is 6.27. The zero-order valence-corrected chi connectivity index (χ0v) is 8.93. The van der Waals surface area contributed by atoms with Crippen molar-refractivity contribution >= 4 is 11.8 Å². The topological polar surface area (TPSA) is 63.4 Å². The molecule has 2 N–H and O–H groups in total. The summed E-state index contributed by atoms with van der Waals surface area (Å²) >= 11 is 0. The molecule has 1 saturated heterocycles. The molecular formula is C12H14N2O2. The zero-order valence-electron chi connectivity index (χ0n) is 8.93. The van der Waals surface area contributed by atoms with Crippen LogP contribution in [0.5, 0.6) is 0 Å². The van der Waals surface area contributed by atoms with Crippen molar-refractivity contribution < 1.29 is 9.59 Å². The van der Waals surface area contributed by atoms with Gasteiger partial charge in [0.05, 0.1) is 5.92 Å². The van der Waals surface area contributed by atoms with Gasteiger partial charge in [-0.15, -0.1) is 0 Å². The van der Waals surface area contributed by atoms with Gasteiger partial charge in [0.1, 0.15) is 0 Å². The highest BCUT2D eigenvalue weighted by molar-refractivity contribution is 5.88. The molecule has 1 aromatic rings. The predicted octanol–water partition coefficient (Wildman–Crippen LogP) is 0.520. The molecule has 0 radical (unpaired) electrons. The molecule has 0 saturated carbocycles. The van der Waals surface area contributed by atoms with Gasteiger partial charge in [-0.3, -0.25) is 9.59 Å². The Hall–Kier alpha value is -1.84. The first-order valence-corrected chi connectivity index (χ1v) is 5.28. The minimum absolute atomic E-state index is 0.00709. The Bertz CT molecular complexity index is 403. The van der Waals surface area contributed by atoms with Gasteiger partial charge in [0.25, 0.3) is 0 Å². The number of carbonyl (C=O) groups is 2. The minimum atomic E-state index is -0.385. The van der Waals surface area contributed by atoms with Crippen molar-refractivity contribution in [2.24, 2.45) is 11.7 Å². The molecule has 1 aromatic carbocycles. The zero-order chi connectivity index (χ0) is 11.5. The lowest BCUT2D eigenvalue weighted by molar-refractivity contribution is -0.128. The van der Waals surface area contributed by atoms with E-state index in [1.807, 2.05) is 30.3 Å². The van der Waals surface area contributed by atoms with Crippen LogP contribution in [-0.4, -0.2) is 23.3 Å². The molecule has 0 unspecified atom stereocenters. The number of nitrogens with two attached hydrogens (primary N) is 1. The highest BCUT2D eigenvalue weighted by atomic mass is 16.2. The summed E-state index contributed by atoms with van der Waals surface area (Å²) in [5.74, 6) is -0.701. The average molecular weight is 218 g/mol. The van der Waals surface area contributed by atoms with Crippen LogP contribution >= 0.6 is 0 Å². The molecule has 1 aliphatic heterocycles. The molecule has 2 amide bonds. The summed E-state index contributed by atoms with van der Waals surface area (Å²) in [5, 5.41) is 0. The molecule has 0 aromatic heterocycles. The number of nitrogens with zero attached hydrogens (tertiary/aromatic N) is 1. The van der Waals surface area contributed by atoms with Gasteiger partial charge in [-0.2, -0.15) is 0 Å². The van der Waals surface area contributed by atoms with E-state index in [0.717, 1.165) is 5.56 Å². The standard InChI is InChI=1S/C12H14N2O2/c13-12(16)10-6-11(15)14(8-10)7-9-4-2-1-3-5-9/h1-5,10H,6-8H2,(H2,13,16)/t10-/m1/s1. The number of hydrogen-bond acceptors (Lipinski definition) is 2. The second kappa shape index (κ2) is 4.35. The Morgan fingerprint density at radius 1 is 1.38 bits per heavy atom. The van der Waals surface area contributed by atoms with Gasteiger partial charge in [-0.1, -0.05) is 30.3 Å². The Kier molecular flexibility index (Phi) is 2.90. The summed E-state index contributed by atoms with van der Waals surface area (Å²) in [6.07, 6.45) is 0.252. The second-order valence-corrected chi connectivity index (χ2v) is 4.06. The molecule has 16 heavy (non-hydrogen) atoms. The van der Waals surface area contributed by atoms with Crippen molar-refractivity contribution in [2.75, 3.05) is 6.54 Å². The lowest BCUT2D eigenvalue weighted by atomic mass is 10.1. The normalized spacial score (nSPS) is 20.1. The summed E-state index contributed by atoms with van der Waals surface area (Å²) < 4.78 is 0. The fourth-order valence-corrected chi connectivity index (χ4v) is 1.92. The van der Waals surface area contributed by atoms with Crippen LogP contribution < -0.4 is 5.73 Å². The van der Waals surface area contributed by atoms with E-state index in [-0.39, 0.29) is 24.2 Å². The van der Waals surface area contributed by atoms with Crippen molar-refractivity contribution in [3.05, 3.63) is 35.9 Å². The van der Waals surface area contributed by atoms with Crippen molar-refractivity contribution in [2.45, 2.75) is 13.0 Å². The van der Waals surface area contributed by atoms with E-state index >= 15 is 0 Å². The summed E-state index contributed by atoms with van der Waals surface area (Å²) in [6, 6.07) is 9.72. The van der Waals surface area contributed by atoms with Crippen LogP contribution in [0.3, 0.4) is 0 Å². The Morgan fingerprint density at radius 2 is 2.06 bits per heavy atom. The molecular weight excluding hydrogens is 204 g/mol. The van der Waals surface area contributed by atoms with Gasteiger partial charge in [0.15, 0.2) is 0 Å². The molecule has 2 rings (SSSR count). The third-order valence-electron chi connectivity index (χ3n) is 2.83. The van der Waals surface area contributed by atoms with E-state index in [0.29, 0.717) is 13.1 Å². The van der Waals surface area contributed by atoms with E-state index in [4.69, 9.17) is 5.73 Å². The Labute approximate surface area is 94.0 Å². The maximum absolute atomic E-state index is 11.6. The Morgan fingerprint density at radius 3 is 2.62 bits per heavy atom. The summed E-state index contributed by atoms with van der Waals surface area (Å²) in [6.45, 7) is 1.01. The molecule has 4 heteroatoms. The third kappa shape index (κ3) is 2.21. The van der Waals surface area contributed by atoms with Crippen molar-refractivity contribution in [3.63, 3.8) is 0 Å². The van der Waals surface area contributed by atoms with E-state index < -0.39 is 0 Å². The number of benzene rings is 1. The number of amides is 2. The highest BCUT2D eigenvalue weighted by Crippen LogP contribution is 2.19. The van der Waals surface area contributed by atoms with Gasteiger partial charge in [-0.05, 0) is 5.56 Å². The first-order chi connectivity index (χ1) is 7.66. The molecule has 0 aliphatic carbocycles. The maximum Gasteiger partial charge on any atom is 0.223 e. The van der Waals surface area contributed by atoms with Crippen LogP contribution in [0, 0.1) is 5.92 Å². The van der Waals surface area contributed by atoms with Gasteiger partial charge in [-0.25, -0.2) is 0 Å². The molecule has 0 spiro atoms. The quantitative estimate of drug-likeness (QED) is 0.804. The van der Waals surface area contributed by atoms with E-state index in [9.17, 15) is 9.59 Å². The lowest BCUT2D eigenvalue weighted by Gasteiger charge is -2.15. The number of rotatable bonds is 3. The van der Waals surface area contributed by atoms with Crippen molar-refractivity contribution in [1.82, 2.24) is 4.90 Å². The second-order valence-electron chi connectivity index (χ2n) is 4.06. The van der Waals surface area contributed by atoms with Gasteiger partial charge >= 0.3 is 0 Å². The fraction of sp³-hybridized carbons (Fsp3) is 0.333. The van der Waals surface area contributed by atoms with E-state index in [1.54, 1.807) is 4.90 Å². The van der Waals surface area contributed by atoms with Crippen molar-refractivity contribution in [3.8, 4) is 0 Å². The first kappa shape index (κ1) is 10.7. The van der Waals surface area contributed by atoms with Crippen LogP contribution in [-0.2, 0) is 16.1 Å². The monoisotopic (exact) mass is 218 g/mol. The van der Waals surface area contributed by atoms with Crippen LogP contribution in [0.4, 0.5) is 0 Å². The molecule has 1 heterocycles. The molecule has 0 bridgehead atoms. The van der Waals surface area contributed by atoms with Gasteiger partial charge in [0, 0.05) is 19.5 Å².